The molecule has 2 fully saturated rings. The van der Waals surface area contributed by atoms with E-state index in [0.717, 1.165) is 25.1 Å². The van der Waals surface area contributed by atoms with Gasteiger partial charge in [-0.25, -0.2) is 0 Å². The van der Waals surface area contributed by atoms with Crippen LogP contribution in [0, 0.1) is 18.3 Å². The maximum atomic E-state index is 12.8. The van der Waals surface area contributed by atoms with Crippen LogP contribution in [-0.4, -0.2) is 24.2 Å². The van der Waals surface area contributed by atoms with Crippen LogP contribution in [0.2, 0.25) is 0 Å². The lowest BCUT2D eigenvalue weighted by Crippen LogP contribution is -2.81. The van der Waals surface area contributed by atoms with Crippen molar-refractivity contribution < 1.29 is 9.53 Å². The highest BCUT2D eigenvalue weighted by atomic mass is 16.5. The van der Waals surface area contributed by atoms with E-state index in [4.69, 9.17) is 10.5 Å². The van der Waals surface area contributed by atoms with Crippen LogP contribution in [0.15, 0.2) is 24.3 Å². The number of benzene rings is 1. The molecule has 1 heterocycles. The van der Waals surface area contributed by atoms with E-state index in [1.54, 1.807) is 0 Å². The molecule has 1 aromatic rings. The fourth-order valence-electron chi connectivity index (χ4n) is 3.91. The molecule has 0 aromatic heterocycles. The van der Waals surface area contributed by atoms with Crippen molar-refractivity contribution >= 4 is 11.6 Å². The van der Waals surface area contributed by atoms with Crippen LogP contribution in [-0.2, 0) is 9.53 Å². The topological polar surface area (TPSA) is 64.4 Å². The highest BCUT2D eigenvalue weighted by Gasteiger charge is 2.70. The number of nitrogens with two attached hydrogens (primary N) is 1. The van der Waals surface area contributed by atoms with Gasteiger partial charge in [-0.1, -0.05) is 31.5 Å². The van der Waals surface area contributed by atoms with Gasteiger partial charge in [0.05, 0.1) is 6.10 Å². The molecule has 1 aliphatic heterocycles. The Morgan fingerprint density at radius 1 is 1.33 bits per heavy atom. The van der Waals surface area contributed by atoms with Crippen molar-refractivity contribution in [2.45, 2.75) is 45.3 Å². The molecule has 3 rings (SSSR count). The summed E-state index contributed by atoms with van der Waals surface area (Å²) in [6.45, 7) is 6.87. The van der Waals surface area contributed by atoms with Crippen molar-refractivity contribution in [1.29, 1.82) is 0 Å². The molecule has 2 aliphatic rings. The molecular formula is C17H24N2O2. The molecule has 1 saturated heterocycles. The van der Waals surface area contributed by atoms with Crippen molar-refractivity contribution in [3.63, 3.8) is 0 Å². The number of amides is 1. The minimum absolute atomic E-state index is 0.0943. The van der Waals surface area contributed by atoms with Gasteiger partial charge in [0.15, 0.2) is 0 Å². The van der Waals surface area contributed by atoms with Crippen molar-refractivity contribution in [1.82, 2.24) is 0 Å². The van der Waals surface area contributed by atoms with E-state index in [1.807, 2.05) is 45.0 Å². The predicted octanol–water partition coefficient (Wildman–Crippen LogP) is 2.47. The lowest BCUT2D eigenvalue weighted by molar-refractivity contribution is -0.222. The number of ether oxygens (including phenoxy) is 1. The summed E-state index contributed by atoms with van der Waals surface area (Å²) in [5.74, 6) is 0.0230. The van der Waals surface area contributed by atoms with Crippen LogP contribution < -0.4 is 11.1 Å². The Bertz CT molecular complexity index is 552. The van der Waals surface area contributed by atoms with Gasteiger partial charge in [0.1, 0.15) is 5.54 Å². The lowest BCUT2D eigenvalue weighted by atomic mass is 9.46. The maximum Gasteiger partial charge on any atom is 0.245 e. The molecule has 1 amide bonds. The second-order valence-electron chi connectivity index (χ2n) is 6.95. The SMILES string of the molecule is Cc1ccc(NC(=O)C2(N)C3CCCOC3C2(C)C)cc1. The third-order valence-electron chi connectivity index (χ3n) is 5.37. The first-order chi connectivity index (χ1) is 9.87. The second-order valence-corrected chi connectivity index (χ2v) is 6.95. The molecule has 21 heavy (non-hydrogen) atoms. The Morgan fingerprint density at radius 3 is 2.67 bits per heavy atom. The van der Waals surface area contributed by atoms with E-state index in [0.29, 0.717) is 0 Å². The monoisotopic (exact) mass is 288 g/mol. The lowest BCUT2D eigenvalue weighted by Gasteiger charge is -2.65. The zero-order valence-electron chi connectivity index (χ0n) is 13.0. The summed E-state index contributed by atoms with van der Waals surface area (Å²) in [5.41, 5.74) is 7.33. The number of carbonyl (C=O) groups excluding carboxylic acids is 1. The molecule has 3 N–H and O–H groups in total. The van der Waals surface area contributed by atoms with Crippen LogP contribution in [0.5, 0.6) is 0 Å². The molecule has 0 bridgehead atoms. The van der Waals surface area contributed by atoms with Gasteiger partial charge in [0.2, 0.25) is 5.91 Å². The maximum absolute atomic E-state index is 12.8. The van der Waals surface area contributed by atoms with Gasteiger partial charge in [-0.05, 0) is 31.9 Å². The number of carbonyl (C=O) groups is 1. The van der Waals surface area contributed by atoms with E-state index in [-0.39, 0.29) is 23.3 Å². The molecule has 1 saturated carbocycles. The largest absolute Gasteiger partial charge is 0.377 e. The Labute approximate surface area is 126 Å². The smallest absolute Gasteiger partial charge is 0.245 e. The zero-order valence-corrected chi connectivity index (χ0v) is 13.0. The minimum atomic E-state index is -0.858. The fraction of sp³-hybridized carbons (Fsp3) is 0.588. The highest BCUT2D eigenvalue weighted by molar-refractivity contribution is 6.00. The summed E-state index contributed by atoms with van der Waals surface area (Å²) in [7, 11) is 0. The molecule has 3 unspecified atom stereocenters. The quantitative estimate of drug-likeness (QED) is 0.878. The first-order valence-corrected chi connectivity index (χ1v) is 7.66. The van der Waals surface area contributed by atoms with E-state index in [1.165, 1.54) is 5.56 Å². The molecular weight excluding hydrogens is 264 g/mol. The van der Waals surface area contributed by atoms with Crippen molar-refractivity contribution in [2.24, 2.45) is 17.1 Å². The molecule has 3 atom stereocenters. The second kappa shape index (κ2) is 4.82. The van der Waals surface area contributed by atoms with Crippen LogP contribution >= 0.6 is 0 Å². The fourth-order valence-corrected chi connectivity index (χ4v) is 3.91. The third-order valence-corrected chi connectivity index (χ3v) is 5.37. The number of nitrogens with one attached hydrogen (secondary N) is 1. The third kappa shape index (κ3) is 2.00. The zero-order chi connectivity index (χ0) is 15.3. The minimum Gasteiger partial charge on any atom is -0.377 e. The molecule has 1 aromatic carbocycles. The van der Waals surface area contributed by atoms with Crippen LogP contribution in [0.3, 0.4) is 0 Å². The number of fused-ring (bicyclic) bond motifs is 1. The first kappa shape index (κ1) is 14.5. The number of hydrogen-bond acceptors (Lipinski definition) is 3. The Hall–Kier alpha value is -1.39. The van der Waals surface area contributed by atoms with Gasteiger partial charge in [0.25, 0.3) is 0 Å². The van der Waals surface area contributed by atoms with E-state index < -0.39 is 5.54 Å². The first-order valence-electron chi connectivity index (χ1n) is 7.66. The summed E-state index contributed by atoms with van der Waals surface area (Å²) in [6, 6.07) is 7.79. The van der Waals surface area contributed by atoms with Crippen LogP contribution in [0.4, 0.5) is 5.69 Å². The average molecular weight is 288 g/mol. The molecule has 4 nitrogen and oxygen atoms in total. The summed E-state index contributed by atoms with van der Waals surface area (Å²) < 4.78 is 5.84. The predicted molar refractivity (Wildman–Crippen MR) is 83.0 cm³/mol. The molecule has 0 spiro atoms. The van der Waals surface area contributed by atoms with Gasteiger partial charge in [-0.15, -0.1) is 0 Å². The van der Waals surface area contributed by atoms with E-state index in [2.05, 4.69) is 5.32 Å². The van der Waals surface area contributed by atoms with Crippen molar-refractivity contribution in [2.75, 3.05) is 11.9 Å². The standard InChI is InChI=1S/C17H24N2O2/c1-11-6-8-12(9-7-11)19-15(20)17(18)13-5-4-10-21-14(13)16(17,2)3/h6-9,13-14H,4-5,10,18H2,1-3H3,(H,19,20). The molecule has 4 heteroatoms. The summed E-state index contributed by atoms with van der Waals surface area (Å²) in [5, 5.41) is 2.98. The summed E-state index contributed by atoms with van der Waals surface area (Å²) >= 11 is 0. The van der Waals surface area contributed by atoms with Crippen LogP contribution in [0.25, 0.3) is 0 Å². The van der Waals surface area contributed by atoms with Gasteiger partial charge in [-0.2, -0.15) is 0 Å². The highest BCUT2D eigenvalue weighted by Crippen LogP contribution is 2.57. The van der Waals surface area contributed by atoms with Crippen LogP contribution in [0.1, 0.15) is 32.3 Å². The van der Waals surface area contributed by atoms with Crippen molar-refractivity contribution in [3.8, 4) is 0 Å². The number of anilines is 1. The Morgan fingerprint density at radius 2 is 2.00 bits per heavy atom. The molecule has 0 radical (unpaired) electrons. The number of rotatable bonds is 2. The normalized spacial score (nSPS) is 33.7. The van der Waals surface area contributed by atoms with Crippen molar-refractivity contribution in [3.05, 3.63) is 29.8 Å². The molecule has 1 aliphatic carbocycles. The Balaban J connectivity index is 1.81. The van der Waals surface area contributed by atoms with Gasteiger partial charge in [-0.3, -0.25) is 4.79 Å². The van der Waals surface area contributed by atoms with Gasteiger partial charge >= 0.3 is 0 Å². The average Bonchev–Trinajstić information content (AvgIpc) is 2.48. The van der Waals surface area contributed by atoms with E-state index in [9.17, 15) is 4.79 Å². The van der Waals surface area contributed by atoms with E-state index >= 15 is 0 Å². The number of hydrogen-bond donors (Lipinski definition) is 2. The number of aryl methyl sites for hydroxylation is 1. The summed E-state index contributed by atoms with van der Waals surface area (Å²) in [4.78, 5) is 12.8. The summed E-state index contributed by atoms with van der Waals surface area (Å²) in [6.07, 6.45) is 2.04. The van der Waals surface area contributed by atoms with Gasteiger partial charge < -0.3 is 15.8 Å². The Kier molecular flexibility index (Phi) is 3.34. The molecule has 114 valence electrons. The van der Waals surface area contributed by atoms with Gasteiger partial charge in [0, 0.05) is 23.6 Å².